The van der Waals surface area contributed by atoms with Crippen molar-refractivity contribution in [3.05, 3.63) is 69.8 Å². The smallest absolute Gasteiger partial charge is 0.269 e. The van der Waals surface area contributed by atoms with E-state index in [1.165, 1.54) is 24.3 Å². The molecule has 0 aromatic heterocycles. The van der Waals surface area contributed by atoms with Gasteiger partial charge in [-0.15, -0.1) is 0 Å². The van der Waals surface area contributed by atoms with E-state index in [4.69, 9.17) is 0 Å². The fourth-order valence-corrected chi connectivity index (χ4v) is 1.99. The molecule has 0 aliphatic rings. The van der Waals surface area contributed by atoms with Crippen molar-refractivity contribution >= 4 is 23.1 Å². The normalized spacial score (nSPS) is 10.4. The van der Waals surface area contributed by atoms with Gasteiger partial charge < -0.3 is 5.32 Å². The van der Waals surface area contributed by atoms with E-state index in [-0.39, 0.29) is 23.3 Å². The van der Waals surface area contributed by atoms with Crippen molar-refractivity contribution in [1.29, 1.82) is 0 Å². The fraction of sp³-hybridized carbons (Fsp3) is 0.176. The quantitative estimate of drug-likeness (QED) is 0.518. The number of nitro benzene ring substituents is 1. The third-order valence-corrected chi connectivity index (χ3v) is 3.29. The van der Waals surface area contributed by atoms with Crippen molar-refractivity contribution in [2.75, 3.05) is 5.32 Å². The third kappa shape index (κ3) is 4.00. The van der Waals surface area contributed by atoms with E-state index < -0.39 is 4.92 Å². The molecule has 0 bridgehead atoms. The number of rotatable bonds is 5. The first kappa shape index (κ1) is 16.4. The number of anilines is 1. The van der Waals surface area contributed by atoms with Crippen molar-refractivity contribution in [2.45, 2.75) is 13.8 Å². The molecule has 0 radical (unpaired) electrons. The molecule has 23 heavy (non-hydrogen) atoms. The van der Waals surface area contributed by atoms with Crippen LogP contribution in [0.5, 0.6) is 0 Å². The Labute approximate surface area is 133 Å². The van der Waals surface area contributed by atoms with Gasteiger partial charge in [0.1, 0.15) is 0 Å². The highest BCUT2D eigenvalue weighted by Crippen LogP contribution is 2.16. The van der Waals surface area contributed by atoms with Gasteiger partial charge in [0.15, 0.2) is 5.78 Å². The highest BCUT2D eigenvalue weighted by Gasteiger charge is 2.12. The van der Waals surface area contributed by atoms with Crippen molar-refractivity contribution in [1.82, 2.24) is 0 Å². The predicted octanol–water partition coefficient (Wildman–Crippen LogP) is 3.69. The van der Waals surface area contributed by atoms with Crippen molar-refractivity contribution < 1.29 is 14.5 Å². The van der Waals surface area contributed by atoms with Gasteiger partial charge in [0, 0.05) is 34.9 Å². The predicted molar refractivity (Wildman–Crippen MR) is 86.7 cm³/mol. The summed E-state index contributed by atoms with van der Waals surface area (Å²) < 4.78 is 0. The number of hydrogen-bond donors (Lipinski definition) is 1. The number of amides is 1. The topological polar surface area (TPSA) is 89.3 Å². The highest BCUT2D eigenvalue weighted by molar-refractivity contribution is 6.04. The molecule has 2 aromatic rings. The van der Waals surface area contributed by atoms with Crippen LogP contribution in [0.3, 0.4) is 0 Å². The maximum Gasteiger partial charge on any atom is 0.269 e. The number of ketones is 1. The van der Waals surface area contributed by atoms with Crippen LogP contribution in [0, 0.1) is 16.0 Å². The van der Waals surface area contributed by atoms with Gasteiger partial charge in [0.2, 0.25) is 0 Å². The average Bonchev–Trinajstić information content (AvgIpc) is 2.54. The molecule has 6 nitrogen and oxygen atoms in total. The summed E-state index contributed by atoms with van der Waals surface area (Å²) in [7, 11) is 0. The third-order valence-electron chi connectivity index (χ3n) is 3.29. The van der Waals surface area contributed by atoms with Gasteiger partial charge >= 0.3 is 0 Å². The second kappa shape index (κ2) is 6.83. The minimum atomic E-state index is -0.522. The van der Waals surface area contributed by atoms with E-state index in [1.54, 1.807) is 24.3 Å². The molecular formula is C17H16N2O4. The Morgan fingerprint density at radius 3 is 1.96 bits per heavy atom. The van der Waals surface area contributed by atoms with Gasteiger partial charge in [-0.1, -0.05) is 13.8 Å². The fourth-order valence-electron chi connectivity index (χ4n) is 1.99. The van der Waals surface area contributed by atoms with Crippen molar-refractivity contribution in [2.24, 2.45) is 5.92 Å². The average molecular weight is 312 g/mol. The van der Waals surface area contributed by atoms with Crippen LogP contribution in [-0.4, -0.2) is 16.6 Å². The van der Waals surface area contributed by atoms with Crippen LogP contribution in [0.25, 0.3) is 0 Å². The standard InChI is InChI=1S/C17H16N2O4/c1-11(2)16(20)12-3-7-14(8-4-12)18-17(21)13-5-9-15(10-6-13)19(22)23/h3-11H,1-2H3,(H,18,21). The van der Waals surface area contributed by atoms with Gasteiger partial charge in [-0.3, -0.25) is 19.7 Å². The number of Topliss-reactive ketones (excluding diaryl/α,β-unsaturated/α-hetero) is 1. The number of carbonyl (C=O) groups excluding carboxylic acids is 2. The van der Waals surface area contributed by atoms with E-state index in [9.17, 15) is 19.7 Å². The molecule has 0 saturated carbocycles. The summed E-state index contributed by atoms with van der Waals surface area (Å²) in [5.41, 5.74) is 1.39. The summed E-state index contributed by atoms with van der Waals surface area (Å²) in [4.78, 5) is 34.0. The first-order valence-electron chi connectivity index (χ1n) is 7.08. The summed E-state index contributed by atoms with van der Waals surface area (Å²) >= 11 is 0. The minimum Gasteiger partial charge on any atom is -0.322 e. The van der Waals surface area contributed by atoms with Crippen LogP contribution in [0.1, 0.15) is 34.6 Å². The van der Waals surface area contributed by atoms with Gasteiger partial charge in [-0.2, -0.15) is 0 Å². The summed E-state index contributed by atoms with van der Waals surface area (Å²) in [6, 6.07) is 12.0. The number of hydrogen-bond acceptors (Lipinski definition) is 4. The Hall–Kier alpha value is -3.02. The Morgan fingerprint density at radius 2 is 1.48 bits per heavy atom. The van der Waals surface area contributed by atoms with E-state index >= 15 is 0 Å². The zero-order valence-corrected chi connectivity index (χ0v) is 12.8. The summed E-state index contributed by atoms with van der Waals surface area (Å²) in [5, 5.41) is 13.3. The largest absolute Gasteiger partial charge is 0.322 e. The van der Waals surface area contributed by atoms with Crippen LogP contribution in [0.15, 0.2) is 48.5 Å². The van der Waals surface area contributed by atoms with Crippen LogP contribution in [0.4, 0.5) is 11.4 Å². The summed E-state index contributed by atoms with van der Waals surface area (Å²) in [5.74, 6) is -0.420. The van der Waals surface area contributed by atoms with Gasteiger partial charge in [0.25, 0.3) is 11.6 Å². The molecule has 0 heterocycles. The van der Waals surface area contributed by atoms with E-state index in [1.807, 2.05) is 13.8 Å². The molecule has 118 valence electrons. The van der Waals surface area contributed by atoms with Crippen LogP contribution < -0.4 is 5.32 Å². The molecule has 0 fully saturated rings. The number of carbonyl (C=O) groups is 2. The number of nitrogens with zero attached hydrogens (tertiary/aromatic N) is 1. The zero-order valence-electron chi connectivity index (χ0n) is 12.8. The molecule has 0 atom stereocenters. The Bertz CT molecular complexity index is 734. The molecule has 1 N–H and O–H groups in total. The lowest BCUT2D eigenvalue weighted by molar-refractivity contribution is -0.384. The number of non-ortho nitro benzene ring substituents is 1. The molecule has 0 spiro atoms. The SMILES string of the molecule is CC(C)C(=O)c1ccc(NC(=O)c2ccc([N+](=O)[O-])cc2)cc1. The maximum atomic E-state index is 12.1. The zero-order chi connectivity index (χ0) is 17.0. The van der Waals surface area contributed by atoms with Gasteiger partial charge in [-0.05, 0) is 36.4 Å². The molecule has 1 amide bonds. The summed E-state index contributed by atoms with van der Waals surface area (Å²) in [6.07, 6.45) is 0. The van der Waals surface area contributed by atoms with Crippen LogP contribution in [-0.2, 0) is 0 Å². The molecule has 2 aromatic carbocycles. The maximum absolute atomic E-state index is 12.1. The first-order chi connectivity index (χ1) is 10.9. The monoisotopic (exact) mass is 312 g/mol. The van der Waals surface area contributed by atoms with Crippen molar-refractivity contribution in [3.63, 3.8) is 0 Å². The van der Waals surface area contributed by atoms with Gasteiger partial charge in [0.05, 0.1) is 4.92 Å². The first-order valence-corrected chi connectivity index (χ1v) is 7.08. The lowest BCUT2D eigenvalue weighted by Gasteiger charge is -2.07. The molecule has 0 aliphatic carbocycles. The van der Waals surface area contributed by atoms with Crippen molar-refractivity contribution in [3.8, 4) is 0 Å². The minimum absolute atomic E-state index is 0.0400. The van der Waals surface area contributed by atoms with E-state index in [0.29, 0.717) is 16.8 Å². The molecule has 0 unspecified atom stereocenters. The Morgan fingerprint density at radius 1 is 0.957 bits per heavy atom. The second-order valence-electron chi connectivity index (χ2n) is 5.35. The van der Waals surface area contributed by atoms with Crippen LogP contribution in [0.2, 0.25) is 0 Å². The summed E-state index contributed by atoms with van der Waals surface area (Å²) in [6.45, 7) is 3.65. The molecule has 0 aliphatic heterocycles. The highest BCUT2D eigenvalue weighted by atomic mass is 16.6. The van der Waals surface area contributed by atoms with E-state index in [2.05, 4.69) is 5.32 Å². The Balaban J connectivity index is 2.08. The van der Waals surface area contributed by atoms with E-state index in [0.717, 1.165) is 0 Å². The number of nitro groups is 1. The molecule has 2 rings (SSSR count). The molecule has 6 heteroatoms. The lowest BCUT2D eigenvalue weighted by atomic mass is 10.0. The van der Waals surface area contributed by atoms with Gasteiger partial charge in [-0.25, -0.2) is 0 Å². The number of benzene rings is 2. The molecular weight excluding hydrogens is 296 g/mol. The molecule has 0 saturated heterocycles. The number of nitrogens with one attached hydrogen (secondary N) is 1. The lowest BCUT2D eigenvalue weighted by Crippen LogP contribution is -2.12. The second-order valence-corrected chi connectivity index (χ2v) is 5.35. The Kier molecular flexibility index (Phi) is 4.85. The van der Waals surface area contributed by atoms with Crippen LogP contribution >= 0.6 is 0 Å².